The maximum absolute atomic E-state index is 13.0. The van der Waals surface area contributed by atoms with Crippen LogP contribution < -0.4 is 20.1 Å². The number of hydrogen-bond acceptors (Lipinski definition) is 4. The highest BCUT2D eigenvalue weighted by molar-refractivity contribution is 5.79. The molecule has 1 aliphatic rings. The Morgan fingerprint density at radius 2 is 1.94 bits per heavy atom. The predicted octanol–water partition coefficient (Wildman–Crippen LogP) is 4.52. The third-order valence-electron chi connectivity index (χ3n) is 5.19. The van der Waals surface area contributed by atoms with E-state index in [1.807, 2.05) is 25.1 Å². The molecule has 0 saturated carbocycles. The van der Waals surface area contributed by atoms with Crippen LogP contribution in [0.3, 0.4) is 0 Å². The van der Waals surface area contributed by atoms with E-state index >= 15 is 0 Å². The molecular weight excluding hydrogens is 416 g/mol. The predicted molar refractivity (Wildman–Crippen MR) is 120 cm³/mol. The van der Waals surface area contributed by atoms with Gasteiger partial charge in [0.2, 0.25) is 0 Å². The number of hydrogen-bond donors (Lipinski definition) is 2. The SMILES string of the molecule is CCNC(=NCc1cccc(OCC)c1OC(F)F)NCC1CCOC1c1ccccc1. The largest absolute Gasteiger partial charge is 0.490 e. The molecule has 3 rings (SSSR count). The highest BCUT2D eigenvalue weighted by Gasteiger charge is 2.29. The van der Waals surface area contributed by atoms with Crippen molar-refractivity contribution < 1.29 is 23.0 Å². The van der Waals surface area contributed by atoms with E-state index in [9.17, 15) is 8.78 Å². The minimum Gasteiger partial charge on any atom is -0.490 e. The quantitative estimate of drug-likeness (QED) is 0.414. The first-order valence-corrected chi connectivity index (χ1v) is 11.0. The van der Waals surface area contributed by atoms with Gasteiger partial charge >= 0.3 is 6.61 Å². The van der Waals surface area contributed by atoms with Crippen molar-refractivity contribution in [2.24, 2.45) is 10.9 Å². The third kappa shape index (κ3) is 6.56. The number of halogens is 2. The van der Waals surface area contributed by atoms with E-state index < -0.39 is 6.61 Å². The molecule has 0 radical (unpaired) electrons. The maximum Gasteiger partial charge on any atom is 0.387 e. The van der Waals surface area contributed by atoms with E-state index in [1.165, 1.54) is 5.56 Å². The summed E-state index contributed by atoms with van der Waals surface area (Å²) in [6, 6.07) is 15.3. The van der Waals surface area contributed by atoms with Gasteiger partial charge in [0.1, 0.15) is 0 Å². The van der Waals surface area contributed by atoms with Gasteiger partial charge in [0.25, 0.3) is 0 Å². The Labute approximate surface area is 188 Å². The molecule has 1 aliphatic heterocycles. The van der Waals surface area contributed by atoms with Crippen molar-refractivity contribution in [1.82, 2.24) is 10.6 Å². The van der Waals surface area contributed by atoms with Crippen LogP contribution in [0.15, 0.2) is 53.5 Å². The third-order valence-corrected chi connectivity index (χ3v) is 5.19. The smallest absolute Gasteiger partial charge is 0.387 e. The Hall–Kier alpha value is -2.87. The molecule has 1 fully saturated rings. The van der Waals surface area contributed by atoms with Crippen molar-refractivity contribution in [1.29, 1.82) is 0 Å². The fourth-order valence-electron chi connectivity index (χ4n) is 3.77. The molecule has 0 spiro atoms. The zero-order valence-corrected chi connectivity index (χ0v) is 18.5. The van der Waals surface area contributed by atoms with E-state index in [0.717, 1.165) is 13.0 Å². The van der Waals surface area contributed by atoms with Gasteiger partial charge in [-0.25, -0.2) is 4.99 Å². The highest BCUT2D eigenvalue weighted by Crippen LogP contribution is 2.34. The van der Waals surface area contributed by atoms with Crippen LogP contribution in [0.5, 0.6) is 11.5 Å². The minimum absolute atomic E-state index is 0.0253. The topological polar surface area (TPSA) is 64.1 Å². The van der Waals surface area contributed by atoms with Crippen molar-refractivity contribution in [3.05, 3.63) is 59.7 Å². The van der Waals surface area contributed by atoms with Crippen molar-refractivity contribution in [2.45, 2.75) is 39.5 Å². The fourth-order valence-corrected chi connectivity index (χ4v) is 3.77. The molecule has 1 heterocycles. The summed E-state index contributed by atoms with van der Waals surface area (Å²) in [5.74, 6) is 1.22. The van der Waals surface area contributed by atoms with Crippen molar-refractivity contribution in [2.75, 3.05) is 26.3 Å². The number of guanidine groups is 1. The van der Waals surface area contributed by atoms with E-state index in [0.29, 0.717) is 37.1 Å². The van der Waals surface area contributed by atoms with Crippen LogP contribution in [0.4, 0.5) is 8.78 Å². The average molecular weight is 448 g/mol. The van der Waals surface area contributed by atoms with Gasteiger partial charge in [-0.15, -0.1) is 0 Å². The monoisotopic (exact) mass is 447 g/mol. The van der Waals surface area contributed by atoms with Crippen LogP contribution in [-0.2, 0) is 11.3 Å². The molecule has 2 unspecified atom stereocenters. The molecule has 2 N–H and O–H groups in total. The summed E-state index contributed by atoms with van der Waals surface area (Å²) in [7, 11) is 0. The number of para-hydroxylation sites is 1. The van der Waals surface area contributed by atoms with Crippen molar-refractivity contribution in [3.63, 3.8) is 0 Å². The Morgan fingerprint density at radius 3 is 2.66 bits per heavy atom. The molecular formula is C24H31F2N3O3. The lowest BCUT2D eigenvalue weighted by atomic mass is 9.95. The molecule has 0 bridgehead atoms. The lowest BCUT2D eigenvalue weighted by molar-refractivity contribution is -0.0520. The van der Waals surface area contributed by atoms with Gasteiger partial charge in [-0.2, -0.15) is 8.78 Å². The van der Waals surface area contributed by atoms with E-state index in [2.05, 4.69) is 27.8 Å². The number of aliphatic imine (C=N–C) groups is 1. The number of nitrogens with zero attached hydrogens (tertiary/aromatic N) is 1. The highest BCUT2D eigenvalue weighted by atomic mass is 19.3. The second-order valence-electron chi connectivity index (χ2n) is 7.38. The second kappa shape index (κ2) is 12.2. The average Bonchev–Trinajstić information content (AvgIpc) is 3.26. The normalized spacial score (nSPS) is 18.6. The van der Waals surface area contributed by atoms with Gasteiger partial charge < -0.3 is 24.8 Å². The van der Waals surface area contributed by atoms with E-state index in [-0.39, 0.29) is 24.1 Å². The lowest BCUT2D eigenvalue weighted by Crippen LogP contribution is -2.40. The summed E-state index contributed by atoms with van der Waals surface area (Å²) in [6.07, 6.45) is 0.995. The van der Waals surface area contributed by atoms with Crippen LogP contribution >= 0.6 is 0 Å². The van der Waals surface area contributed by atoms with Crippen LogP contribution in [0.1, 0.15) is 37.5 Å². The minimum atomic E-state index is -2.94. The second-order valence-corrected chi connectivity index (χ2v) is 7.38. The van der Waals surface area contributed by atoms with Gasteiger partial charge in [0, 0.05) is 31.2 Å². The van der Waals surface area contributed by atoms with E-state index in [4.69, 9.17) is 14.2 Å². The van der Waals surface area contributed by atoms with E-state index in [1.54, 1.807) is 25.1 Å². The molecule has 6 nitrogen and oxygen atoms in total. The first-order valence-electron chi connectivity index (χ1n) is 11.0. The molecule has 1 saturated heterocycles. The van der Waals surface area contributed by atoms with Crippen LogP contribution in [0.2, 0.25) is 0 Å². The lowest BCUT2D eigenvalue weighted by Gasteiger charge is -2.21. The Balaban J connectivity index is 1.69. The van der Waals surface area contributed by atoms with Gasteiger partial charge in [-0.1, -0.05) is 42.5 Å². The standard InChI is InChI=1S/C24H31F2N3O3/c1-3-27-24(29-16-19-13-14-31-21(19)17-9-6-5-7-10-17)28-15-18-11-8-12-20(30-4-2)22(18)32-23(25)26/h5-12,19,21,23H,3-4,13-16H2,1-2H3,(H2,27,28,29). The summed E-state index contributed by atoms with van der Waals surface area (Å²) in [5, 5.41) is 6.58. The van der Waals surface area contributed by atoms with Gasteiger partial charge in [0.05, 0.1) is 19.3 Å². The van der Waals surface area contributed by atoms with Gasteiger partial charge in [-0.3, -0.25) is 0 Å². The maximum atomic E-state index is 13.0. The zero-order chi connectivity index (χ0) is 22.8. The Bertz CT molecular complexity index is 865. The van der Waals surface area contributed by atoms with Crippen molar-refractivity contribution >= 4 is 5.96 Å². The molecule has 174 valence electrons. The van der Waals surface area contributed by atoms with Gasteiger partial charge in [0.15, 0.2) is 17.5 Å². The Morgan fingerprint density at radius 1 is 1.12 bits per heavy atom. The van der Waals surface area contributed by atoms with Gasteiger partial charge in [-0.05, 0) is 31.9 Å². The van der Waals surface area contributed by atoms with Crippen molar-refractivity contribution in [3.8, 4) is 11.5 Å². The first kappa shape index (κ1) is 23.8. The molecule has 0 aromatic heterocycles. The summed E-state index contributed by atoms with van der Waals surface area (Å²) in [6.45, 7) is 3.42. The molecule has 2 aromatic rings. The Kier molecular flexibility index (Phi) is 9.10. The number of benzene rings is 2. The fraction of sp³-hybridized carbons (Fsp3) is 0.458. The molecule has 32 heavy (non-hydrogen) atoms. The summed E-state index contributed by atoms with van der Waals surface area (Å²) < 4.78 is 42.1. The number of nitrogens with one attached hydrogen (secondary N) is 2. The van der Waals surface area contributed by atoms with Crippen LogP contribution in [-0.4, -0.2) is 38.9 Å². The number of ether oxygens (including phenoxy) is 3. The zero-order valence-electron chi connectivity index (χ0n) is 18.5. The molecule has 8 heteroatoms. The number of rotatable bonds is 10. The van der Waals surface area contributed by atoms with Crippen LogP contribution in [0, 0.1) is 5.92 Å². The summed E-state index contributed by atoms with van der Waals surface area (Å²) in [5.41, 5.74) is 1.69. The number of alkyl halides is 2. The summed E-state index contributed by atoms with van der Waals surface area (Å²) >= 11 is 0. The molecule has 2 atom stereocenters. The molecule has 0 amide bonds. The van der Waals surface area contributed by atoms with Crippen LogP contribution in [0.25, 0.3) is 0 Å². The first-order chi connectivity index (χ1) is 15.6. The molecule has 0 aliphatic carbocycles. The summed E-state index contributed by atoms with van der Waals surface area (Å²) in [4.78, 5) is 4.58. The molecule has 2 aromatic carbocycles.